The zero-order valence-electron chi connectivity index (χ0n) is 13.9. The molecule has 0 aliphatic carbocycles. The molecule has 1 unspecified atom stereocenters. The maximum Gasteiger partial charge on any atom is 0.367 e. The third-order valence-corrected chi connectivity index (χ3v) is 4.24. The normalized spacial score (nSPS) is 24.0. The zero-order chi connectivity index (χ0) is 16.3. The average Bonchev–Trinajstić information content (AvgIpc) is 3.16. The largest absolute Gasteiger partial charge is 0.477 e. The molecule has 2 N–H and O–H groups in total. The second-order valence-electron chi connectivity index (χ2n) is 6.27. The maximum atomic E-state index is 10.6. The highest BCUT2D eigenvalue weighted by molar-refractivity contribution is 5.78. The van der Waals surface area contributed by atoms with Crippen LogP contribution in [0, 0.1) is 0 Å². The molecule has 22 heavy (non-hydrogen) atoms. The number of carboxylic acid groups (broad SMARTS) is 1. The number of hydrogen-bond acceptors (Lipinski definition) is 3. The number of ether oxygens (including phenoxy) is 1. The van der Waals surface area contributed by atoms with Gasteiger partial charge >= 0.3 is 5.97 Å². The summed E-state index contributed by atoms with van der Waals surface area (Å²) in [6, 6.07) is 0. The summed E-state index contributed by atoms with van der Waals surface area (Å²) in [5.74, 6) is -3.16. The summed E-state index contributed by atoms with van der Waals surface area (Å²) in [5, 5.41) is 18.1. The standard InChI is InChI=1S/C18H32O4/c1-2-3-4-5-6-7-8-9-10-11-12-13-14-15-16-18(21,22-16)17(19)20/h9-10,16,21H,2-8,11-15H2,1H3,(H,19,20)/t16?,18-/m0/s1. The summed E-state index contributed by atoms with van der Waals surface area (Å²) in [6.07, 6.45) is 18.1. The van der Waals surface area contributed by atoms with Gasteiger partial charge in [0.25, 0.3) is 5.79 Å². The highest BCUT2D eigenvalue weighted by Crippen LogP contribution is 2.37. The van der Waals surface area contributed by atoms with Crippen molar-refractivity contribution >= 4 is 5.97 Å². The quantitative estimate of drug-likeness (QED) is 0.283. The molecule has 0 spiro atoms. The highest BCUT2D eigenvalue weighted by atomic mass is 16.8. The summed E-state index contributed by atoms with van der Waals surface area (Å²) in [4.78, 5) is 10.6. The Morgan fingerprint density at radius 1 is 1.00 bits per heavy atom. The van der Waals surface area contributed by atoms with Crippen LogP contribution in [0.3, 0.4) is 0 Å². The van der Waals surface area contributed by atoms with Crippen LogP contribution in [0.15, 0.2) is 12.2 Å². The van der Waals surface area contributed by atoms with E-state index < -0.39 is 17.9 Å². The first-order valence-electron chi connectivity index (χ1n) is 8.90. The van der Waals surface area contributed by atoms with Crippen LogP contribution in [-0.2, 0) is 9.53 Å². The second-order valence-corrected chi connectivity index (χ2v) is 6.27. The Bertz CT molecular complexity index is 340. The molecule has 0 aromatic carbocycles. The molecule has 1 aliphatic rings. The van der Waals surface area contributed by atoms with Crippen molar-refractivity contribution < 1.29 is 19.7 Å². The summed E-state index contributed by atoms with van der Waals surface area (Å²) in [5.41, 5.74) is 0. The Hall–Kier alpha value is -0.870. The molecule has 0 radical (unpaired) electrons. The van der Waals surface area contributed by atoms with Crippen LogP contribution in [-0.4, -0.2) is 28.1 Å². The Balaban J connectivity index is 1.82. The van der Waals surface area contributed by atoms with E-state index in [1.807, 2.05) is 0 Å². The van der Waals surface area contributed by atoms with Crippen LogP contribution < -0.4 is 0 Å². The third-order valence-electron chi connectivity index (χ3n) is 4.24. The lowest BCUT2D eigenvalue weighted by Gasteiger charge is -1.99. The maximum absolute atomic E-state index is 10.6. The van der Waals surface area contributed by atoms with Gasteiger partial charge in [0.2, 0.25) is 0 Å². The molecule has 0 bridgehead atoms. The van der Waals surface area contributed by atoms with E-state index in [1.165, 1.54) is 44.9 Å². The number of unbranched alkanes of at least 4 members (excludes halogenated alkanes) is 9. The lowest BCUT2D eigenvalue weighted by molar-refractivity contribution is -0.157. The molecular weight excluding hydrogens is 280 g/mol. The van der Waals surface area contributed by atoms with Crippen LogP contribution in [0.25, 0.3) is 0 Å². The minimum absolute atomic E-state index is 0.506. The van der Waals surface area contributed by atoms with E-state index in [4.69, 9.17) is 9.84 Å². The minimum Gasteiger partial charge on any atom is -0.477 e. The van der Waals surface area contributed by atoms with Crippen LogP contribution in [0.4, 0.5) is 0 Å². The van der Waals surface area contributed by atoms with Gasteiger partial charge in [-0.25, -0.2) is 4.79 Å². The second kappa shape index (κ2) is 10.8. The summed E-state index contributed by atoms with van der Waals surface area (Å²) < 4.78 is 4.81. The van der Waals surface area contributed by atoms with Gasteiger partial charge in [-0.2, -0.15) is 0 Å². The van der Waals surface area contributed by atoms with Crippen molar-refractivity contribution in [2.45, 2.75) is 95.9 Å². The van der Waals surface area contributed by atoms with Gasteiger partial charge in [-0.1, -0.05) is 64.0 Å². The van der Waals surface area contributed by atoms with Gasteiger partial charge in [0.1, 0.15) is 6.10 Å². The third kappa shape index (κ3) is 7.41. The van der Waals surface area contributed by atoms with Crippen LogP contribution >= 0.6 is 0 Å². The van der Waals surface area contributed by atoms with Crippen molar-refractivity contribution in [2.24, 2.45) is 0 Å². The number of allylic oxidation sites excluding steroid dienone is 2. The lowest BCUT2D eigenvalue weighted by atomic mass is 10.1. The van der Waals surface area contributed by atoms with E-state index in [1.54, 1.807) is 0 Å². The van der Waals surface area contributed by atoms with Gasteiger partial charge in [-0.3, -0.25) is 0 Å². The lowest BCUT2D eigenvalue weighted by Crippen LogP contribution is -2.26. The van der Waals surface area contributed by atoms with Gasteiger partial charge in [-0.15, -0.1) is 0 Å². The number of aliphatic hydroxyl groups is 1. The Kier molecular flexibility index (Phi) is 9.41. The number of rotatable bonds is 14. The molecule has 0 aromatic heterocycles. The van der Waals surface area contributed by atoms with Crippen molar-refractivity contribution in [1.29, 1.82) is 0 Å². The number of hydrogen-bond donors (Lipinski definition) is 2. The van der Waals surface area contributed by atoms with E-state index in [9.17, 15) is 9.90 Å². The summed E-state index contributed by atoms with van der Waals surface area (Å²) >= 11 is 0. The fraction of sp³-hybridized carbons (Fsp3) is 0.833. The average molecular weight is 312 g/mol. The summed E-state index contributed by atoms with van der Waals surface area (Å²) in [7, 11) is 0. The Morgan fingerprint density at radius 3 is 2.09 bits per heavy atom. The Labute approximate surface area is 134 Å². The molecule has 1 fully saturated rings. The molecule has 1 rings (SSSR count). The van der Waals surface area contributed by atoms with Crippen LogP contribution in [0.5, 0.6) is 0 Å². The van der Waals surface area contributed by atoms with E-state index in [-0.39, 0.29) is 0 Å². The van der Waals surface area contributed by atoms with E-state index in [0.717, 1.165) is 25.7 Å². The van der Waals surface area contributed by atoms with Crippen molar-refractivity contribution in [3.05, 3.63) is 12.2 Å². The number of carboxylic acids is 1. The fourth-order valence-electron chi connectivity index (χ4n) is 2.67. The topological polar surface area (TPSA) is 70.1 Å². The predicted molar refractivity (Wildman–Crippen MR) is 87.7 cm³/mol. The van der Waals surface area contributed by atoms with Crippen molar-refractivity contribution in [3.8, 4) is 0 Å². The first-order chi connectivity index (χ1) is 10.6. The smallest absolute Gasteiger partial charge is 0.367 e. The molecule has 1 aliphatic heterocycles. The van der Waals surface area contributed by atoms with E-state index >= 15 is 0 Å². The Morgan fingerprint density at radius 2 is 1.55 bits per heavy atom. The minimum atomic E-state index is -1.89. The van der Waals surface area contributed by atoms with Gasteiger partial charge in [0.15, 0.2) is 0 Å². The van der Waals surface area contributed by atoms with E-state index in [0.29, 0.717) is 6.42 Å². The molecule has 4 heteroatoms. The van der Waals surface area contributed by atoms with Crippen molar-refractivity contribution in [1.82, 2.24) is 0 Å². The predicted octanol–water partition coefficient (Wildman–Crippen LogP) is 4.42. The molecule has 1 saturated heterocycles. The van der Waals surface area contributed by atoms with Gasteiger partial charge in [0.05, 0.1) is 0 Å². The molecule has 0 saturated carbocycles. The zero-order valence-corrected chi connectivity index (χ0v) is 13.9. The van der Waals surface area contributed by atoms with Crippen molar-refractivity contribution in [3.63, 3.8) is 0 Å². The van der Waals surface area contributed by atoms with Gasteiger partial charge in [0, 0.05) is 0 Å². The first-order valence-corrected chi connectivity index (χ1v) is 8.90. The fourth-order valence-corrected chi connectivity index (χ4v) is 2.67. The molecule has 0 amide bonds. The van der Waals surface area contributed by atoms with E-state index in [2.05, 4.69) is 19.1 Å². The molecule has 4 nitrogen and oxygen atoms in total. The number of aliphatic carboxylic acids is 1. The number of epoxide rings is 1. The highest BCUT2D eigenvalue weighted by Gasteiger charge is 2.61. The molecular formula is C18H32O4. The van der Waals surface area contributed by atoms with Crippen LogP contribution in [0.1, 0.15) is 84.0 Å². The molecule has 1 heterocycles. The van der Waals surface area contributed by atoms with Crippen molar-refractivity contribution in [2.75, 3.05) is 0 Å². The SMILES string of the molecule is CCCCCCCCC=CCCCCCC1O[C@]1(O)C(=O)O. The van der Waals surface area contributed by atoms with Gasteiger partial charge in [-0.05, 0) is 32.1 Å². The van der Waals surface area contributed by atoms with Crippen LogP contribution in [0.2, 0.25) is 0 Å². The monoisotopic (exact) mass is 312 g/mol. The summed E-state index contributed by atoms with van der Waals surface area (Å²) in [6.45, 7) is 2.24. The number of carbonyl (C=O) groups is 1. The molecule has 2 atom stereocenters. The first kappa shape index (κ1) is 19.2. The molecule has 128 valence electrons. The molecule has 0 aromatic rings. The van der Waals surface area contributed by atoms with Gasteiger partial charge < -0.3 is 14.9 Å².